The third-order valence-electron chi connectivity index (χ3n) is 3.92. The number of benzene rings is 1. The Hall–Kier alpha value is -1.32. The van der Waals surface area contributed by atoms with Crippen LogP contribution < -0.4 is 10.6 Å². The van der Waals surface area contributed by atoms with Crippen LogP contribution in [0.3, 0.4) is 0 Å². The van der Waals surface area contributed by atoms with Gasteiger partial charge in [-0.2, -0.15) is 11.8 Å². The Morgan fingerprint density at radius 2 is 2.04 bits per heavy atom. The van der Waals surface area contributed by atoms with Crippen LogP contribution in [-0.2, 0) is 16.6 Å². The normalized spacial score (nSPS) is 16.7. The van der Waals surface area contributed by atoms with Crippen LogP contribution in [0.5, 0.6) is 0 Å². The van der Waals surface area contributed by atoms with Crippen molar-refractivity contribution < 1.29 is 12.8 Å². The Labute approximate surface area is 153 Å². The molecule has 0 saturated carbocycles. The zero-order valence-electron chi connectivity index (χ0n) is 14.6. The number of hydrogen-bond acceptors (Lipinski definition) is 4. The molecule has 1 aromatic rings. The molecule has 0 amide bonds. The van der Waals surface area contributed by atoms with Gasteiger partial charge in [0.25, 0.3) is 0 Å². The molecule has 0 aliphatic carbocycles. The number of aliphatic imine (C=N–C) groups is 1. The maximum Gasteiger partial charge on any atom is 0.215 e. The molecule has 0 atom stereocenters. The van der Waals surface area contributed by atoms with Crippen LogP contribution >= 0.6 is 11.8 Å². The minimum atomic E-state index is -3.23. The summed E-state index contributed by atoms with van der Waals surface area (Å²) in [7, 11) is -1.61. The summed E-state index contributed by atoms with van der Waals surface area (Å²) in [4.78, 5) is 4.08. The predicted octanol–water partition coefficient (Wildman–Crippen LogP) is 1.18. The monoisotopic (exact) mass is 388 g/mol. The van der Waals surface area contributed by atoms with Crippen LogP contribution in [-0.4, -0.2) is 62.6 Å². The molecule has 0 radical (unpaired) electrons. The van der Waals surface area contributed by atoms with E-state index in [9.17, 15) is 12.8 Å². The Morgan fingerprint density at radius 3 is 2.68 bits per heavy atom. The SMILES string of the molecule is CN=C(NCCS(=O)(=O)N1CCSCC1)NCc1ccc(F)c(C)c1. The minimum Gasteiger partial charge on any atom is -0.355 e. The maximum absolute atomic E-state index is 13.3. The van der Waals surface area contributed by atoms with Crippen molar-refractivity contribution in [3.8, 4) is 0 Å². The summed E-state index contributed by atoms with van der Waals surface area (Å²) in [6.07, 6.45) is 0. The molecule has 1 fully saturated rings. The van der Waals surface area contributed by atoms with Gasteiger partial charge in [0.05, 0.1) is 5.75 Å². The summed E-state index contributed by atoms with van der Waals surface area (Å²) in [5.74, 6) is 2.03. The van der Waals surface area contributed by atoms with Gasteiger partial charge in [-0.3, -0.25) is 4.99 Å². The number of hydrogen-bond donors (Lipinski definition) is 2. The highest BCUT2D eigenvalue weighted by Crippen LogP contribution is 2.13. The van der Waals surface area contributed by atoms with Crippen LogP contribution in [0.1, 0.15) is 11.1 Å². The lowest BCUT2D eigenvalue weighted by Crippen LogP contribution is -2.44. The molecule has 6 nitrogen and oxygen atoms in total. The quantitative estimate of drug-likeness (QED) is 0.565. The third-order valence-corrected chi connectivity index (χ3v) is 6.74. The van der Waals surface area contributed by atoms with Crippen LogP contribution in [0.4, 0.5) is 4.39 Å². The van der Waals surface area contributed by atoms with E-state index in [4.69, 9.17) is 0 Å². The first-order valence-electron chi connectivity index (χ1n) is 8.17. The van der Waals surface area contributed by atoms with Crippen LogP contribution in [0.25, 0.3) is 0 Å². The standard InChI is InChI=1S/C16H25FN4O2S2/c1-13-11-14(3-4-15(13)17)12-20-16(18-2)19-5-10-25(22,23)21-6-8-24-9-7-21/h3-4,11H,5-10,12H2,1-2H3,(H2,18,19,20). The highest BCUT2D eigenvalue weighted by molar-refractivity contribution is 7.99. The molecule has 1 aliphatic heterocycles. The highest BCUT2D eigenvalue weighted by atomic mass is 32.2. The van der Waals surface area contributed by atoms with Gasteiger partial charge in [-0.05, 0) is 24.1 Å². The van der Waals surface area contributed by atoms with Gasteiger partial charge < -0.3 is 10.6 Å². The van der Waals surface area contributed by atoms with E-state index in [0.29, 0.717) is 31.2 Å². The number of nitrogens with one attached hydrogen (secondary N) is 2. The number of nitrogens with zero attached hydrogens (tertiary/aromatic N) is 2. The minimum absolute atomic E-state index is 0.0357. The van der Waals surface area contributed by atoms with E-state index in [0.717, 1.165) is 17.1 Å². The van der Waals surface area contributed by atoms with E-state index >= 15 is 0 Å². The van der Waals surface area contributed by atoms with Gasteiger partial charge in [0.2, 0.25) is 10.0 Å². The van der Waals surface area contributed by atoms with E-state index in [-0.39, 0.29) is 18.1 Å². The first-order valence-corrected chi connectivity index (χ1v) is 10.9. The van der Waals surface area contributed by atoms with Gasteiger partial charge in [-0.15, -0.1) is 0 Å². The molecule has 9 heteroatoms. The lowest BCUT2D eigenvalue weighted by molar-refractivity contribution is 0.443. The molecule has 25 heavy (non-hydrogen) atoms. The summed E-state index contributed by atoms with van der Waals surface area (Å²) < 4.78 is 39.4. The van der Waals surface area contributed by atoms with Crippen molar-refractivity contribution in [2.24, 2.45) is 4.99 Å². The average Bonchev–Trinajstić information content (AvgIpc) is 2.61. The molecule has 1 aromatic carbocycles. The largest absolute Gasteiger partial charge is 0.355 e. The molecule has 0 bridgehead atoms. The number of aryl methyl sites for hydroxylation is 1. The molecular weight excluding hydrogens is 363 g/mol. The molecule has 2 N–H and O–H groups in total. The van der Waals surface area contributed by atoms with Crippen LogP contribution in [0.2, 0.25) is 0 Å². The summed E-state index contributed by atoms with van der Waals surface area (Å²) in [6.45, 7) is 3.66. The zero-order chi connectivity index (χ0) is 18.3. The topological polar surface area (TPSA) is 73.8 Å². The second-order valence-corrected chi connectivity index (χ2v) is 9.08. The van der Waals surface area contributed by atoms with Crippen molar-refractivity contribution in [3.05, 3.63) is 35.1 Å². The highest BCUT2D eigenvalue weighted by Gasteiger charge is 2.23. The van der Waals surface area contributed by atoms with E-state index in [2.05, 4.69) is 15.6 Å². The predicted molar refractivity (Wildman–Crippen MR) is 102 cm³/mol. The van der Waals surface area contributed by atoms with Gasteiger partial charge >= 0.3 is 0 Å². The summed E-state index contributed by atoms with van der Waals surface area (Å²) in [5.41, 5.74) is 1.52. The molecule has 0 spiro atoms. The second kappa shape index (κ2) is 9.40. The van der Waals surface area contributed by atoms with Crippen molar-refractivity contribution in [2.75, 3.05) is 43.9 Å². The number of rotatable bonds is 6. The molecule has 140 valence electrons. The molecule has 0 aromatic heterocycles. The summed E-state index contributed by atoms with van der Waals surface area (Å²) in [5, 5.41) is 6.12. The lowest BCUT2D eigenvalue weighted by atomic mass is 10.1. The molecule has 0 unspecified atom stereocenters. The van der Waals surface area contributed by atoms with Crippen molar-refractivity contribution in [2.45, 2.75) is 13.5 Å². The molecule has 1 aliphatic rings. The van der Waals surface area contributed by atoms with Crippen LogP contribution in [0, 0.1) is 12.7 Å². The summed E-state index contributed by atoms with van der Waals surface area (Å²) in [6, 6.07) is 4.92. The van der Waals surface area contributed by atoms with E-state index in [1.54, 1.807) is 42.2 Å². The Kier molecular flexibility index (Phi) is 7.52. The fraction of sp³-hybridized carbons (Fsp3) is 0.562. The first kappa shape index (κ1) is 20.0. The maximum atomic E-state index is 13.3. The number of sulfonamides is 1. The summed E-state index contributed by atoms with van der Waals surface area (Å²) >= 11 is 1.78. The third kappa shape index (κ3) is 6.16. The van der Waals surface area contributed by atoms with Crippen molar-refractivity contribution in [1.82, 2.24) is 14.9 Å². The van der Waals surface area contributed by atoms with Crippen LogP contribution in [0.15, 0.2) is 23.2 Å². The van der Waals surface area contributed by atoms with Crippen molar-refractivity contribution in [1.29, 1.82) is 0 Å². The van der Waals surface area contributed by atoms with Gasteiger partial charge in [0.15, 0.2) is 5.96 Å². The number of thioether (sulfide) groups is 1. The molecule has 1 saturated heterocycles. The number of guanidine groups is 1. The lowest BCUT2D eigenvalue weighted by Gasteiger charge is -2.25. The molecule has 2 rings (SSSR count). The zero-order valence-corrected chi connectivity index (χ0v) is 16.2. The van der Waals surface area contributed by atoms with Crippen molar-refractivity contribution in [3.63, 3.8) is 0 Å². The van der Waals surface area contributed by atoms with Gasteiger partial charge in [0, 0.05) is 44.7 Å². The Morgan fingerprint density at radius 1 is 1.32 bits per heavy atom. The molecule has 1 heterocycles. The first-order chi connectivity index (χ1) is 11.9. The number of halogens is 1. The van der Waals surface area contributed by atoms with Crippen molar-refractivity contribution >= 4 is 27.7 Å². The molecular formula is C16H25FN4O2S2. The van der Waals surface area contributed by atoms with E-state index in [1.165, 1.54) is 6.07 Å². The Balaban J connectivity index is 1.79. The fourth-order valence-electron chi connectivity index (χ4n) is 2.48. The van der Waals surface area contributed by atoms with E-state index < -0.39 is 10.0 Å². The second-order valence-electron chi connectivity index (χ2n) is 5.76. The van der Waals surface area contributed by atoms with E-state index in [1.807, 2.05) is 0 Å². The van der Waals surface area contributed by atoms with Gasteiger partial charge in [-0.25, -0.2) is 17.1 Å². The fourth-order valence-corrected chi connectivity index (χ4v) is 4.97. The van der Waals surface area contributed by atoms with Gasteiger partial charge in [0.1, 0.15) is 5.82 Å². The Bertz CT molecular complexity index is 704. The smallest absolute Gasteiger partial charge is 0.215 e. The van der Waals surface area contributed by atoms with Gasteiger partial charge in [-0.1, -0.05) is 12.1 Å². The average molecular weight is 389 g/mol.